The lowest BCUT2D eigenvalue weighted by Crippen LogP contribution is -2.07. The summed E-state index contributed by atoms with van der Waals surface area (Å²) in [4.78, 5) is 4.15. The smallest absolute Gasteiger partial charge is 0.161 e. The molecule has 0 saturated heterocycles. The third-order valence-electron chi connectivity index (χ3n) is 2.66. The molecule has 0 aliphatic heterocycles. The number of nitrogens with zero attached hydrogens (tertiary/aromatic N) is 3. The van der Waals surface area contributed by atoms with Gasteiger partial charge < -0.3 is 4.57 Å². The van der Waals surface area contributed by atoms with Gasteiger partial charge in [0.05, 0.1) is 23.0 Å². The molecule has 0 spiro atoms. The quantitative estimate of drug-likeness (QED) is 0.803. The highest BCUT2D eigenvalue weighted by Crippen LogP contribution is 2.20. The van der Waals surface area contributed by atoms with Crippen molar-refractivity contribution in [3.8, 4) is 6.07 Å². The van der Waals surface area contributed by atoms with Crippen molar-refractivity contribution in [2.75, 3.05) is 0 Å². The van der Waals surface area contributed by atoms with Crippen LogP contribution in [0.2, 0.25) is 0 Å². The average Bonchev–Trinajstić information content (AvgIpc) is 2.56. The van der Waals surface area contributed by atoms with E-state index in [-0.39, 0.29) is 5.92 Å². The number of halogens is 2. The van der Waals surface area contributed by atoms with Crippen molar-refractivity contribution in [1.82, 2.24) is 9.55 Å². The minimum atomic E-state index is -0.907. The van der Waals surface area contributed by atoms with Gasteiger partial charge in [-0.15, -0.1) is 0 Å². The zero-order valence-electron chi connectivity index (χ0n) is 9.54. The van der Waals surface area contributed by atoms with E-state index in [1.165, 1.54) is 0 Å². The van der Waals surface area contributed by atoms with Crippen molar-refractivity contribution in [3.05, 3.63) is 29.6 Å². The second kappa shape index (κ2) is 4.13. The van der Waals surface area contributed by atoms with Gasteiger partial charge >= 0.3 is 0 Å². The normalized spacial score (nSPS) is 12.6. The SMILES string of the molecule is Cc1nc2cc(F)c(F)cc2n1CC(C)C#N. The standard InChI is InChI=1S/C12H11F2N3/c1-7(5-15)6-17-8(2)16-11-3-9(13)10(14)4-12(11)17/h3-4,7H,6H2,1-2H3. The molecular formula is C12H11F2N3. The van der Waals surface area contributed by atoms with E-state index in [0.717, 1.165) is 12.1 Å². The predicted octanol–water partition coefficient (Wildman–Crippen LogP) is 2.78. The van der Waals surface area contributed by atoms with Gasteiger partial charge in [0.25, 0.3) is 0 Å². The monoisotopic (exact) mass is 235 g/mol. The molecule has 0 amide bonds. The van der Waals surface area contributed by atoms with Crippen LogP contribution in [0.4, 0.5) is 8.78 Å². The first-order valence-electron chi connectivity index (χ1n) is 5.24. The maximum Gasteiger partial charge on any atom is 0.161 e. The molecule has 2 aromatic rings. The second-order valence-electron chi connectivity index (χ2n) is 4.05. The summed E-state index contributed by atoms with van der Waals surface area (Å²) in [6.07, 6.45) is 0. The first-order chi connectivity index (χ1) is 8.02. The van der Waals surface area contributed by atoms with E-state index in [9.17, 15) is 8.78 Å². The molecule has 17 heavy (non-hydrogen) atoms. The Bertz CT molecular complexity index is 610. The molecule has 5 heteroatoms. The maximum absolute atomic E-state index is 13.2. The van der Waals surface area contributed by atoms with Gasteiger partial charge in [0.15, 0.2) is 11.6 Å². The van der Waals surface area contributed by atoms with Crippen molar-refractivity contribution >= 4 is 11.0 Å². The Morgan fingerprint density at radius 3 is 2.71 bits per heavy atom. The van der Waals surface area contributed by atoms with Gasteiger partial charge in [-0.1, -0.05) is 0 Å². The minimum absolute atomic E-state index is 0.209. The average molecular weight is 235 g/mol. The topological polar surface area (TPSA) is 41.6 Å². The molecule has 3 nitrogen and oxygen atoms in total. The summed E-state index contributed by atoms with van der Waals surface area (Å²) in [6.45, 7) is 3.94. The van der Waals surface area contributed by atoms with Crippen LogP contribution in [-0.2, 0) is 6.54 Å². The maximum atomic E-state index is 13.2. The first-order valence-corrected chi connectivity index (χ1v) is 5.24. The van der Waals surface area contributed by atoms with Gasteiger partial charge in [-0.25, -0.2) is 13.8 Å². The molecule has 1 aromatic carbocycles. The summed E-state index contributed by atoms with van der Waals surface area (Å²) in [5.74, 6) is -1.37. The van der Waals surface area contributed by atoms with Gasteiger partial charge in [0.2, 0.25) is 0 Å². The number of fused-ring (bicyclic) bond motifs is 1. The zero-order chi connectivity index (χ0) is 12.6. The molecule has 0 saturated carbocycles. The van der Waals surface area contributed by atoms with Crippen molar-refractivity contribution < 1.29 is 8.78 Å². The summed E-state index contributed by atoms with van der Waals surface area (Å²) < 4.78 is 27.9. The summed E-state index contributed by atoms with van der Waals surface area (Å²) >= 11 is 0. The van der Waals surface area contributed by atoms with Crippen LogP contribution in [0.3, 0.4) is 0 Å². The Morgan fingerprint density at radius 1 is 1.41 bits per heavy atom. The molecule has 1 aromatic heterocycles. The van der Waals surface area contributed by atoms with Crippen LogP contribution >= 0.6 is 0 Å². The number of imidazole rings is 1. The van der Waals surface area contributed by atoms with Crippen molar-refractivity contribution in [3.63, 3.8) is 0 Å². The second-order valence-corrected chi connectivity index (χ2v) is 4.05. The lowest BCUT2D eigenvalue weighted by atomic mass is 10.2. The lowest BCUT2D eigenvalue weighted by Gasteiger charge is -2.07. The van der Waals surface area contributed by atoms with Gasteiger partial charge in [-0.2, -0.15) is 5.26 Å². The number of aromatic nitrogens is 2. The van der Waals surface area contributed by atoms with Gasteiger partial charge in [0, 0.05) is 18.7 Å². The molecular weight excluding hydrogens is 224 g/mol. The van der Waals surface area contributed by atoms with Crippen molar-refractivity contribution in [2.24, 2.45) is 5.92 Å². The number of hydrogen-bond donors (Lipinski definition) is 0. The summed E-state index contributed by atoms with van der Waals surface area (Å²) in [5, 5.41) is 8.78. The molecule has 1 atom stereocenters. The molecule has 88 valence electrons. The number of benzene rings is 1. The Balaban J connectivity index is 2.59. The fourth-order valence-electron chi connectivity index (χ4n) is 1.79. The summed E-state index contributed by atoms with van der Waals surface area (Å²) in [6, 6.07) is 4.30. The highest BCUT2D eigenvalue weighted by molar-refractivity contribution is 5.76. The highest BCUT2D eigenvalue weighted by atomic mass is 19.2. The number of hydrogen-bond acceptors (Lipinski definition) is 2. The third kappa shape index (κ3) is 1.98. The van der Waals surface area contributed by atoms with Crippen LogP contribution < -0.4 is 0 Å². The van der Waals surface area contributed by atoms with E-state index in [2.05, 4.69) is 11.1 Å². The van der Waals surface area contributed by atoms with Crippen LogP contribution in [0.15, 0.2) is 12.1 Å². The molecule has 0 aliphatic rings. The van der Waals surface area contributed by atoms with Crippen LogP contribution in [0.5, 0.6) is 0 Å². The molecule has 0 fully saturated rings. The van der Waals surface area contributed by atoms with Gasteiger partial charge in [-0.05, 0) is 13.8 Å². The lowest BCUT2D eigenvalue weighted by molar-refractivity contribution is 0.509. The molecule has 0 bridgehead atoms. The summed E-state index contributed by atoms with van der Waals surface area (Å²) in [7, 11) is 0. The molecule has 0 radical (unpaired) electrons. The molecule has 1 unspecified atom stereocenters. The fourth-order valence-corrected chi connectivity index (χ4v) is 1.79. The van der Waals surface area contributed by atoms with Gasteiger partial charge in [0.1, 0.15) is 5.82 Å². The van der Waals surface area contributed by atoms with E-state index >= 15 is 0 Å². The van der Waals surface area contributed by atoms with E-state index in [0.29, 0.717) is 23.4 Å². The van der Waals surface area contributed by atoms with Crippen molar-refractivity contribution in [1.29, 1.82) is 5.26 Å². The Hall–Kier alpha value is -1.96. The summed E-state index contributed by atoms with van der Waals surface area (Å²) in [5.41, 5.74) is 0.926. The Labute approximate surface area is 97.3 Å². The minimum Gasteiger partial charge on any atom is -0.327 e. The van der Waals surface area contributed by atoms with Crippen LogP contribution in [0.1, 0.15) is 12.7 Å². The number of nitriles is 1. The Morgan fingerprint density at radius 2 is 2.06 bits per heavy atom. The molecule has 0 aliphatic carbocycles. The van der Waals surface area contributed by atoms with Gasteiger partial charge in [-0.3, -0.25) is 0 Å². The number of aryl methyl sites for hydroxylation is 1. The highest BCUT2D eigenvalue weighted by Gasteiger charge is 2.13. The van der Waals surface area contributed by atoms with E-state index < -0.39 is 11.6 Å². The number of rotatable bonds is 2. The Kier molecular flexibility index (Phi) is 2.80. The zero-order valence-corrected chi connectivity index (χ0v) is 9.54. The van der Waals surface area contributed by atoms with Crippen LogP contribution in [-0.4, -0.2) is 9.55 Å². The molecule has 0 N–H and O–H groups in total. The van der Waals surface area contributed by atoms with Crippen LogP contribution in [0.25, 0.3) is 11.0 Å². The van der Waals surface area contributed by atoms with Crippen LogP contribution in [0, 0.1) is 35.8 Å². The largest absolute Gasteiger partial charge is 0.327 e. The van der Waals surface area contributed by atoms with E-state index in [1.807, 2.05) is 0 Å². The molecule has 2 rings (SSSR count). The fraction of sp³-hybridized carbons (Fsp3) is 0.333. The van der Waals surface area contributed by atoms with E-state index in [1.54, 1.807) is 18.4 Å². The third-order valence-corrected chi connectivity index (χ3v) is 2.66. The van der Waals surface area contributed by atoms with Crippen molar-refractivity contribution in [2.45, 2.75) is 20.4 Å². The predicted molar refractivity (Wildman–Crippen MR) is 59.2 cm³/mol. The first kappa shape index (κ1) is 11.5. The van der Waals surface area contributed by atoms with E-state index in [4.69, 9.17) is 5.26 Å². The molecule has 1 heterocycles.